The minimum Gasteiger partial charge on any atom is -0.271 e. The first-order chi connectivity index (χ1) is 9.54. The van der Waals surface area contributed by atoms with Gasteiger partial charge in [-0.1, -0.05) is 59.1 Å². The van der Waals surface area contributed by atoms with Gasteiger partial charge >= 0.3 is 0 Å². The molecule has 0 aromatic heterocycles. The fraction of sp³-hybridized carbons (Fsp3) is 0.143. The molecule has 0 fully saturated rings. The highest BCUT2D eigenvalue weighted by Gasteiger charge is 2.18. The van der Waals surface area contributed by atoms with E-state index in [9.17, 15) is 4.39 Å². The van der Waals surface area contributed by atoms with Crippen LogP contribution in [0, 0.1) is 5.82 Å². The van der Waals surface area contributed by atoms with Crippen LogP contribution in [0.2, 0.25) is 15.1 Å². The van der Waals surface area contributed by atoms with Crippen LogP contribution < -0.4 is 11.3 Å². The highest BCUT2D eigenvalue weighted by atomic mass is 35.5. The van der Waals surface area contributed by atoms with E-state index >= 15 is 0 Å². The molecule has 0 amide bonds. The lowest BCUT2D eigenvalue weighted by molar-refractivity contribution is 0.511. The fourth-order valence-electron chi connectivity index (χ4n) is 1.97. The summed E-state index contributed by atoms with van der Waals surface area (Å²) >= 11 is 17.9. The van der Waals surface area contributed by atoms with E-state index < -0.39 is 11.9 Å². The number of rotatable bonds is 4. The molecular weight excluding hydrogens is 322 g/mol. The molecule has 2 aromatic rings. The molecule has 2 rings (SSSR count). The molecule has 20 heavy (non-hydrogen) atoms. The minimum atomic E-state index is -0.490. The third-order valence-electron chi connectivity index (χ3n) is 3.01. The first-order valence-corrected chi connectivity index (χ1v) is 7.01. The van der Waals surface area contributed by atoms with Gasteiger partial charge in [0.15, 0.2) is 0 Å². The third-order valence-corrected chi connectivity index (χ3v) is 4.16. The van der Waals surface area contributed by atoms with Gasteiger partial charge in [-0.05, 0) is 24.1 Å². The van der Waals surface area contributed by atoms with Crippen LogP contribution in [-0.2, 0) is 6.42 Å². The average molecular weight is 334 g/mol. The topological polar surface area (TPSA) is 38.0 Å². The number of halogens is 4. The molecule has 0 saturated carbocycles. The molecule has 0 saturated heterocycles. The first-order valence-electron chi connectivity index (χ1n) is 5.87. The number of nitrogens with one attached hydrogen (secondary N) is 1. The molecule has 6 heteroatoms. The molecule has 0 heterocycles. The van der Waals surface area contributed by atoms with Crippen molar-refractivity contribution in [1.82, 2.24) is 5.43 Å². The summed E-state index contributed by atoms with van der Waals surface area (Å²) < 4.78 is 14.0. The van der Waals surface area contributed by atoms with Crippen LogP contribution in [0.5, 0.6) is 0 Å². The zero-order valence-corrected chi connectivity index (χ0v) is 12.6. The lowest BCUT2D eigenvalue weighted by Crippen LogP contribution is -2.30. The van der Waals surface area contributed by atoms with Gasteiger partial charge in [0, 0.05) is 5.56 Å². The lowest BCUT2D eigenvalue weighted by atomic mass is 9.99. The van der Waals surface area contributed by atoms with Crippen molar-refractivity contribution in [2.45, 2.75) is 12.5 Å². The van der Waals surface area contributed by atoms with E-state index in [0.29, 0.717) is 22.0 Å². The Morgan fingerprint density at radius 3 is 2.40 bits per heavy atom. The molecule has 1 unspecified atom stereocenters. The van der Waals surface area contributed by atoms with Crippen LogP contribution in [0.25, 0.3) is 0 Å². The van der Waals surface area contributed by atoms with Crippen molar-refractivity contribution < 1.29 is 4.39 Å². The van der Waals surface area contributed by atoms with Gasteiger partial charge in [-0.3, -0.25) is 11.3 Å². The predicted molar refractivity (Wildman–Crippen MR) is 81.6 cm³/mol. The second-order valence-electron chi connectivity index (χ2n) is 4.28. The van der Waals surface area contributed by atoms with Crippen molar-refractivity contribution in [3.8, 4) is 0 Å². The number of benzene rings is 2. The predicted octanol–water partition coefficient (Wildman–Crippen LogP) is 4.53. The zero-order valence-electron chi connectivity index (χ0n) is 10.3. The molecule has 2 aromatic carbocycles. The van der Waals surface area contributed by atoms with E-state index in [0.717, 1.165) is 5.56 Å². The molecule has 2 nitrogen and oxygen atoms in total. The lowest BCUT2D eigenvalue weighted by Gasteiger charge is -2.18. The van der Waals surface area contributed by atoms with Gasteiger partial charge in [-0.2, -0.15) is 0 Å². The Morgan fingerprint density at radius 1 is 1.05 bits per heavy atom. The number of nitrogens with two attached hydrogens (primary N) is 1. The van der Waals surface area contributed by atoms with Crippen LogP contribution in [0.3, 0.4) is 0 Å². The highest BCUT2D eigenvalue weighted by Crippen LogP contribution is 2.30. The molecule has 3 N–H and O–H groups in total. The van der Waals surface area contributed by atoms with Crippen LogP contribution in [0.15, 0.2) is 36.4 Å². The van der Waals surface area contributed by atoms with E-state index in [4.69, 9.17) is 40.6 Å². The van der Waals surface area contributed by atoms with Crippen LogP contribution in [0.4, 0.5) is 4.39 Å². The van der Waals surface area contributed by atoms with E-state index in [-0.39, 0.29) is 5.02 Å². The number of hydrazine groups is 1. The quantitative estimate of drug-likeness (QED) is 0.637. The molecule has 106 valence electrons. The number of hydrogen-bond donors (Lipinski definition) is 2. The molecule has 1 atom stereocenters. The Kier molecular flexibility index (Phi) is 5.24. The van der Waals surface area contributed by atoms with Gasteiger partial charge in [-0.25, -0.2) is 4.39 Å². The largest absolute Gasteiger partial charge is 0.271 e. The molecule has 0 aliphatic heterocycles. The van der Waals surface area contributed by atoms with Gasteiger partial charge in [0.05, 0.1) is 21.1 Å². The Balaban J connectivity index is 2.34. The van der Waals surface area contributed by atoms with Gasteiger partial charge < -0.3 is 0 Å². The van der Waals surface area contributed by atoms with Crippen molar-refractivity contribution in [3.63, 3.8) is 0 Å². The van der Waals surface area contributed by atoms with Gasteiger partial charge in [0.1, 0.15) is 5.82 Å². The summed E-state index contributed by atoms with van der Waals surface area (Å²) in [5.41, 5.74) is 3.75. The van der Waals surface area contributed by atoms with E-state index in [2.05, 4.69) is 5.43 Å². The SMILES string of the molecule is NNC(Cc1cccc(Cl)c1Cl)c1cccc(Cl)c1F. The standard InChI is InChI=1S/C14H12Cl3FN2/c15-10-5-1-3-8(13(10)17)7-12(20-19)9-4-2-6-11(16)14(9)18/h1-6,12,20H,7,19H2. The second-order valence-corrected chi connectivity index (χ2v) is 5.47. The molecule has 0 radical (unpaired) electrons. The first kappa shape index (κ1) is 15.5. The maximum Gasteiger partial charge on any atom is 0.146 e. The van der Waals surface area contributed by atoms with Crippen LogP contribution in [0.1, 0.15) is 17.2 Å². The van der Waals surface area contributed by atoms with Gasteiger partial charge in [0.2, 0.25) is 0 Å². The van der Waals surface area contributed by atoms with Crippen molar-refractivity contribution >= 4 is 34.8 Å². The van der Waals surface area contributed by atoms with E-state index in [1.807, 2.05) is 6.07 Å². The Bertz CT molecular complexity index is 619. The molecular formula is C14H12Cl3FN2. The summed E-state index contributed by atoms with van der Waals surface area (Å²) in [4.78, 5) is 0. The molecule has 0 spiro atoms. The van der Waals surface area contributed by atoms with E-state index in [1.54, 1.807) is 24.3 Å². The second kappa shape index (κ2) is 6.74. The average Bonchev–Trinajstić information content (AvgIpc) is 2.44. The van der Waals surface area contributed by atoms with Crippen molar-refractivity contribution in [2.75, 3.05) is 0 Å². The van der Waals surface area contributed by atoms with Gasteiger partial charge in [-0.15, -0.1) is 0 Å². The Morgan fingerprint density at radius 2 is 1.70 bits per heavy atom. The van der Waals surface area contributed by atoms with Crippen LogP contribution in [-0.4, -0.2) is 0 Å². The van der Waals surface area contributed by atoms with Crippen molar-refractivity contribution in [2.24, 2.45) is 5.84 Å². The summed E-state index contributed by atoms with van der Waals surface area (Å²) in [6.45, 7) is 0. The molecule has 0 bridgehead atoms. The highest BCUT2D eigenvalue weighted by molar-refractivity contribution is 6.42. The third kappa shape index (κ3) is 3.25. The maximum atomic E-state index is 14.0. The minimum absolute atomic E-state index is 0.0555. The van der Waals surface area contributed by atoms with E-state index in [1.165, 1.54) is 6.07 Å². The summed E-state index contributed by atoms with van der Waals surface area (Å²) in [5.74, 6) is 5.03. The zero-order chi connectivity index (χ0) is 14.7. The monoisotopic (exact) mass is 332 g/mol. The molecule has 0 aliphatic rings. The maximum absolute atomic E-state index is 14.0. The Hall–Kier alpha value is -0.840. The smallest absolute Gasteiger partial charge is 0.146 e. The summed E-state index contributed by atoms with van der Waals surface area (Å²) in [6, 6.07) is 9.63. The summed E-state index contributed by atoms with van der Waals surface area (Å²) in [6.07, 6.45) is 0.396. The van der Waals surface area contributed by atoms with Crippen molar-refractivity contribution in [1.29, 1.82) is 0 Å². The fourth-order valence-corrected chi connectivity index (χ4v) is 2.55. The number of hydrogen-bond acceptors (Lipinski definition) is 2. The summed E-state index contributed by atoms with van der Waals surface area (Å²) in [7, 11) is 0. The summed E-state index contributed by atoms with van der Waals surface area (Å²) in [5, 5.41) is 0.947. The Labute approximate surface area is 131 Å². The van der Waals surface area contributed by atoms with Crippen LogP contribution >= 0.6 is 34.8 Å². The normalized spacial score (nSPS) is 12.4. The van der Waals surface area contributed by atoms with Crippen molar-refractivity contribution in [3.05, 3.63) is 68.4 Å². The molecule has 0 aliphatic carbocycles. The van der Waals surface area contributed by atoms with Gasteiger partial charge in [0.25, 0.3) is 0 Å².